The number of hydrogen-bond donors (Lipinski definition) is 3. The van der Waals surface area contributed by atoms with Crippen LogP contribution in [0.2, 0.25) is 5.02 Å². The zero-order chi connectivity index (χ0) is 14.5. The molecule has 1 aromatic carbocycles. The van der Waals surface area contributed by atoms with E-state index in [1.165, 1.54) is 0 Å². The first kappa shape index (κ1) is 15.1. The van der Waals surface area contributed by atoms with E-state index in [1.807, 2.05) is 0 Å². The molecule has 5 nitrogen and oxygen atoms in total. The maximum atomic E-state index is 11.2. The summed E-state index contributed by atoms with van der Waals surface area (Å²) >= 11 is 6.13. The Morgan fingerprint density at radius 2 is 2.45 bits per heavy atom. The van der Waals surface area contributed by atoms with Gasteiger partial charge >= 0.3 is 0 Å². The van der Waals surface area contributed by atoms with Crippen LogP contribution >= 0.6 is 11.6 Å². The predicted molar refractivity (Wildman–Crippen MR) is 80.3 cm³/mol. The first-order valence-electron chi connectivity index (χ1n) is 6.73. The number of amides is 1. The van der Waals surface area contributed by atoms with Crippen molar-refractivity contribution in [3.05, 3.63) is 28.8 Å². The second-order valence-corrected chi connectivity index (χ2v) is 5.47. The lowest BCUT2D eigenvalue weighted by Gasteiger charge is -2.27. The van der Waals surface area contributed by atoms with E-state index >= 15 is 0 Å². The number of anilines is 1. The smallest absolute Gasteiger partial charge is 0.248 e. The molecule has 1 fully saturated rings. The van der Waals surface area contributed by atoms with Crippen molar-refractivity contribution in [1.82, 2.24) is 5.32 Å². The van der Waals surface area contributed by atoms with Gasteiger partial charge in [-0.1, -0.05) is 11.6 Å². The van der Waals surface area contributed by atoms with Crippen molar-refractivity contribution in [2.45, 2.75) is 25.4 Å². The highest BCUT2D eigenvalue weighted by Gasteiger charge is 2.17. The van der Waals surface area contributed by atoms with Crippen LogP contribution in [-0.4, -0.2) is 37.7 Å². The Hall–Kier alpha value is -1.30. The van der Waals surface area contributed by atoms with Gasteiger partial charge in [-0.3, -0.25) is 4.79 Å². The second kappa shape index (κ2) is 6.92. The van der Waals surface area contributed by atoms with Crippen molar-refractivity contribution >= 4 is 23.2 Å². The molecular weight excluding hydrogens is 278 g/mol. The molecule has 4 N–H and O–H groups in total. The zero-order valence-electron chi connectivity index (χ0n) is 11.5. The number of hydrogen-bond acceptors (Lipinski definition) is 4. The van der Waals surface area contributed by atoms with Crippen molar-refractivity contribution in [1.29, 1.82) is 0 Å². The normalized spacial score (nSPS) is 20.4. The number of nitrogens with two attached hydrogens (primary N) is 1. The third kappa shape index (κ3) is 4.10. The van der Waals surface area contributed by atoms with Gasteiger partial charge in [-0.05, 0) is 31.5 Å². The highest BCUT2D eigenvalue weighted by Crippen LogP contribution is 2.24. The van der Waals surface area contributed by atoms with E-state index in [4.69, 9.17) is 22.1 Å². The van der Waals surface area contributed by atoms with E-state index in [9.17, 15) is 4.79 Å². The molecule has 0 spiro atoms. The summed E-state index contributed by atoms with van der Waals surface area (Å²) in [6.07, 6.45) is 0.914. The average molecular weight is 298 g/mol. The third-order valence-electron chi connectivity index (χ3n) is 3.29. The molecule has 2 rings (SSSR count). The summed E-state index contributed by atoms with van der Waals surface area (Å²) < 4.78 is 5.43. The molecule has 0 aliphatic carbocycles. The fraction of sp³-hybridized carbons (Fsp3) is 0.500. The van der Waals surface area contributed by atoms with Crippen LogP contribution in [-0.2, 0) is 4.74 Å². The maximum Gasteiger partial charge on any atom is 0.248 e. The topological polar surface area (TPSA) is 76.4 Å². The van der Waals surface area contributed by atoms with Gasteiger partial charge in [0.2, 0.25) is 5.91 Å². The minimum Gasteiger partial charge on any atom is -0.381 e. The highest BCUT2D eigenvalue weighted by molar-refractivity contribution is 6.33. The lowest BCUT2D eigenvalue weighted by molar-refractivity contribution is 0.0731. The first-order chi connectivity index (χ1) is 9.56. The summed E-state index contributed by atoms with van der Waals surface area (Å²) in [4.78, 5) is 11.2. The Bertz CT molecular complexity index is 475. The van der Waals surface area contributed by atoms with Gasteiger partial charge in [-0.2, -0.15) is 0 Å². The standard InChI is InChI=1S/C14H20ClN3O2/c1-9(6-11-8-20-5-4-17-11)18-13-7-10(14(16)19)2-3-12(13)15/h2-3,7,9,11,17-18H,4-6,8H2,1H3,(H2,16,19). The third-order valence-corrected chi connectivity index (χ3v) is 3.62. The number of carbonyl (C=O) groups is 1. The minimum atomic E-state index is -0.459. The molecule has 1 saturated heterocycles. The van der Waals surface area contributed by atoms with Crippen LogP contribution in [0.5, 0.6) is 0 Å². The van der Waals surface area contributed by atoms with Gasteiger partial charge in [0.05, 0.1) is 23.9 Å². The lowest BCUT2D eigenvalue weighted by Crippen LogP contribution is -2.43. The largest absolute Gasteiger partial charge is 0.381 e. The Kier molecular flexibility index (Phi) is 5.23. The van der Waals surface area contributed by atoms with Crippen LogP contribution in [0.15, 0.2) is 18.2 Å². The number of benzene rings is 1. The van der Waals surface area contributed by atoms with Crippen molar-refractivity contribution in [2.75, 3.05) is 25.1 Å². The van der Waals surface area contributed by atoms with E-state index in [2.05, 4.69) is 17.6 Å². The average Bonchev–Trinajstić information content (AvgIpc) is 2.42. The van der Waals surface area contributed by atoms with E-state index in [-0.39, 0.29) is 6.04 Å². The van der Waals surface area contributed by atoms with E-state index in [0.717, 1.165) is 31.9 Å². The molecule has 110 valence electrons. The molecule has 0 radical (unpaired) electrons. The van der Waals surface area contributed by atoms with E-state index < -0.39 is 5.91 Å². The number of rotatable bonds is 5. The SMILES string of the molecule is CC(CC1COCCN1)Nc1cc(C(N)=O)ccc1Cl. The van der Waals surface area contributed by atoms with Crippen LogP contribution in [0.3, 0.4) is 0 Å². The Morgan fingerprint density at radius 3 is 3.10 bits per heavy atom. The van der Waals surface area contributed by atoms with Gasteiger partial charge in [0.1, 0.15) is 0 Å². The summed E-state index contributed by atoms with van der Waals surface area (Å²) in [6, 6.07) is 5.53. The van der Waals surface area contributed by atoms with Crippen LogP contribution in [0.25, 0.3) is 0 Å². The molecule has 0 aromatic heterocycles. The molecule has 1 aromatic rings. The Balaban J connectivity index is 1.97. The summed E-state index contributed by atoms with van der Waals surface area (Å²) in [7, 11) is 0. The number of nitrogens with one attached hydrogen (secondary N) is 2. The quantitative estimate of drug-likeness (QED) is 0.772. The number of ether oxygens (including phenoxy) is 1. The van der Waals surface area contributed by atoms with Crippen molar-refractivity contribution in [2.24, 2.45) is 5.73 Å². The van der Waals surface area contributed by atoms with E-state index in [0.29, 0.717) is 16.6 Å². The summed E-state index contributed by atoms with van der Waals surface area (Å²) in [5.41, 5.74) is 6.45. The molecule has 1 aliphatic rings. The fourth-order valence-corrected chi connectivity index (χ4v) is 2.48. The lowest BCUT2D eigenvalue weighted by atomic mass is 10.1. The number of morpholine rings is 1. The van der Waals surface area contributed by atoms with Gasteiger partial charge in [0, 0.05) is 24.2 Å². The van der Waals surface area contributed by atoms with Gasteiger partial charge in [-0.15, -0.1) is 0 Å². The van der Waals surface area contributed by atoms with Crippen LogP contribution < -0.4 is 16.4 Å². The van der Waals surface area contributed by atoms with Gasteiger partial charge in [-0.25, -0.2) is 0 Å². The molecule has 6 heteroatoms. The number of halogens is 1. The molecule has 1 aliphatic heterocycles. The molecule has 2 atom stereocenters. The molecule has 0 saturated carbocycles. The van der Waals surface area contributed by atoms with Crippen molar-refractivity contribution in [3.63, 3.8) is 0 Å². The first-order valence-corrected chi connectivity index (χ1v) is 7.11. The van der Waals surface area contributed by atoms with Gasteiger partial charge in [0.25, 0.3) is 0 Å². The second-order valence-electron chi connectivity index (χ2n) is 5.07. The van der Waals surface area contributed by atoms with Crippen molar-refractivity contribution < 1.29 is 9.53 Å². The molecule has 1 heterocycles. The van der Waals surface area contributed by atoms with Gasteiger partial charge < -0.3 is 21.1 Å². The number of carbonyl (C=O) groups excluding carboxylic acids is 1. The predicted octanol–water partition coefficient (Wildman–Crippen LogP) is 1.62. The molecular formula is C14H20ClN3O2. The Morgan fingerprint density at radius 1 is 1.65 bits per heavy atom. The van der Waals surface area contributed by atoms with Crippen LogP contribution in [0.4, 0.5) is 5.69 Å². The zero-order valence-corrected chi connectivity index (χ0v) is 12.2. The Labute approximate surface area is 123 Å². The summed E-state index contributed by atoms with van der Waals surface area (Å²) in [6.45, 7) is 4.45. The van der Waals surface area contributed by atoms with E-state index in [1.54, 1.807) is 18.2 Å². The molecule has 2 unspecified atom stereocenters. The fourth-order valence-electron chi connectivity index (χ4n) is 2.31. The molecule has 20 heavy (non-hydrogen) atoms. The number of primary amides is 1. The monoisotopic (exact) mass is 297 g/mol. The molecule has 1 amide bonds. The molecule has 0 bridgehead atoms. The van der Waals surface area contributed by atoms with Gasteiger partial charge in [0.15, 0.2) is 0 Å². The minimum absolute atomic E-state index is 0.204. The van der Waals surface area contributed by atoms with Crippen LogP contribution in [0.1, 0.15) is 23.7 Å². The van der Waals surface area contributed by atoms with Crippen molar-refractivity contribution in [3.8, 4) is 0 Å². The van der Waals surface area contributed by atoms with Crippen LogP contribution in [0, 0.1) is 0 Å². The summed E-state index contributed by atoms with van der Waals surface area (Å²) in [5.74, 6) is -0.459. The summed E-state index contributed by atoms with van der Waals surface area (Å²) in [5, 5.41) is 7.30. The highest BCUT2D eigenvalue weighted by atomic mass is 35.5. The maximum absolute atomic E-state index is 11.2.